The van der Waals surface area contributed by atoms with E-state index in [4.69, 9.17) is 9.47 Å². The standard InChI is InChI=1S/C26H34N4O5S/c1-4-34-26(31)14-21(11-12-23-15-27-29-28-23)20-10-9-18(2)22(13-20)17-30-16-19(3)35-24-7-5-6-8-25(24)36(30,32)33/h5-10,13,15,19,21,32-33H,4,11-12,14,16-17H2,1-3H3,(H,27,28,29). The van der Waals surface area contributed by atoms with Gasteiger partial charge in [-0.3, -0.25) is 19.0 Å². The molecule has 1 aromatic heterocycles. The third kappa shape index (κ3) is 6.07. The predicted octanol–water partition coefficient (Wildman–Crippen LogP) is 5.09. The Morgan fingerprint density at radius 1 is 1.31 bits per heavy atom. The number of hydrogen-bond donors (Lipinski definition) is 3. The number of aromatic amines is 1. The van der Waals surface area contributed by atoms with Gasteiger partial charge in [-0.2, -0.15) is 4.31 Å². The Balaban J connectivity index is 1.61. The van der Waals surface area contributed by atoms with Crippen LogP contribution in [0.25, 0.3) is 0 Å². The lowest BCUT2D eigenvalue weighted by molar-refractivity contribution is -0.143. The van der Waals surface area contributed by atoms with Crippen molar-refractivity contribution in [2.75, 3.05) is 13.2 Å². The van der Waals surface area contributed by atoms with Crippen LogP contribution in [0, 0.1) is 6.92 Å². The molecule has 2 atom stereocenters. The van der Waals surface area contributed by atoms with Gasteiger partial charge in [0.2, 0.25) is 0 Å². The van der Waals surface area contributed by atoms with Crippen molar-refractivity contribution in [1.29, 1.82) is 0 Å². The minimum absolute atomic E-state index is 0.0763. The molecule has 0 fully saturated rings. The number of nitrogens with zero attached hydrogens (tertiary/aromatic N) is 3. The number of fused-ring (bicyclic) bond motifs is 1. The van der Waals surface area contributed by atoms with Gasteiger partial charge in [0.05, 0.1) is 25.3 Å². The van der Waals surface area contributed by atoms with Gasteiger partial charge in [-0.25, -0.2) is 0 Å². The predicted molar refractivity (Wildman–Crippen MR) is 138 cm³/mol. The van der Waals surface area contributed by atoms with Gasteiger partial charge >= 0.3 is 5.97 Å². The van der Waals surface area contributed by atoms with E-state index in [0.717, 1.165) is 22.4 Å². The van der Waals surface area contributed by atoms with Crippen LogP contribution in [0.15, 0.2) is 53.6 Å². The smallest absolute Gasteiger partial charge is 0.306 e. The molecule has 2 heterocycles. The fourth-order valence-corrected chi connectivity index (χ4v) is 6.16. The Morgan fingerprint density at radius 2 is 2.11 bits per heavy atom. The Hall–Kier alpha value is -2.92. The van der Waals surface area contributed by atoms with Gasteiger partial charge in [0.25, 0.3) is 0 Å². The average molecular weight is 515 g/mol. The van der Waals surface area contributed by atoms with Crippen LogP contribution in [0.2, 0.25) is 0 Å². The molecule has 1 aliphatic rings. The minimum atomic E-state index is -3.25. The molecule has 0 spiro atoms. The lowest BCUT2D eigenvalue weighted by Crippen LogP contribution is -2.33. The van der Waals surface area contributed by atoms with Gasteiger partial charge < -0.3 is 9.47 Å². The Kier molecular flexibility index (Phi) is 8.30. The molecule has 3 aromatic rings. The van der Waals surface area contributed by atoms with Gasteiger partial charge in [-0.05, 0) is 68.4 Å². The van der Waals surface area contributed by atoms with Crippen molar-refractivity contribution in [2.24, 2.45) is 0 Å². The molecular formula is C26H34N4O5S. The van der Waals surface area contributed by atoms with Crippen LogP contribution < -0.4 is 4.74 Å². The molecule has 2 unspecified atom stereocenters. The summed E-state index contributed by atoms with van der Waals surface area (Å²) in [6, 6.07) is 13.2. The first-order valence-electron chi connectivity index (χ1n) is 12.2. The molecule has 36 heavy (non-hydrogen) atoms. The van der Waals surface area contributed by atoms with Gasteiger partial charge in [0.1, 0.15) is 16.7 Å². The van der Waals surface area contributed by atoms with Crippen molar-refractivity contribution < 1.29 is 23.4 Å². The molecule has 0 aliphatic carbocycles. The van der Waals surface area contributed by atoms with E-state index in [2.05, 4.69) is 21.5 Å². The zero-order valence-corrected chi connectivity index (χ0v) is 21.7. The van der Waals surface area contributed by atoms with Crippen molar-refractivity contribution in [3.63, 3.8) is 0 Å². The van der Waals surface area contributed by atoms with Crippen molar-refractivity contribution in [2.45, 2.75) is 63.5 Å². The molecule has 2 aromatic carbocycles. The fourth-order valence-electron chi connectivity index (χ4n) is 4.50. The van der Waals surface area contributed by atoms with E-state index in [1.807, 2.05) is 32.0 Å². The highest BCUT2D eigenvalue weighted by Gasteiger charge is 2.34. The maximum Gasteiger partial charge on any atom is 0.306 e. The highest BCUT2D eigenvalue weighted by Crippen LogP contribution is 2.57. The van der Waals surface area contributed by atoms with Crippen molar-refractivity contribution in [3.8, 4) is 5.75 Å². The summed E-state index contributed by atoms with van der Waals surface area (Å²) in [5, 5.41) is 10.6. The van der Waals surface area contributed by atoms with Crippen molar-refractivity contribution >= 4 is 16.7 Å². The lowest BCUT2D eigenvalue weighted by Gasteiger charge is -2.42. The highest BCUT2D eigenvalue weighted by molar-refractivity contribution is 8.22. The number of H-pyrrole nitrogens is 1. The van der Waals surface area contributed by atoms with Gasteiger partial charge in [-0.1, -0.05) is 35.5 Å². The number of rotatable bonds is 9. The number of benzene rings is 2. The Labute approximate surface area is 213 Å². The monoisotopic (exact) mass is 514 g/mol. The molecule has 9 nitrogen and oxygen atoms in total. The summed E-state index contributed by atoms with van der Waals surface area (Å²) in [6.45, 7) is 6.76. The minimum Gasteiger partial charge on any atom is -0.487 e. The van der Waals surface area contributed by atoms with Crippen LogP contribution in [0.5, 0.6) is 5.75 Å². The third-order valence-corrected chi connectivity index (χ3v) is 8.34. The van der Waals surface area contributed by atoms with Gasteiger partial charge in [0, 0.05) is 12.7 Å². The average Bonchev–Trinajstić information content (AvgIpc) is 3.34. The summed E-state index contributed by atoms with van der Waals surface area (Å²) in [5.41, 5.74) is 3.84. The first-order chi connectivity index (χ1) is 17.3. The summed E-state index contributed by atoms with van der Waals surface area (Å²) in [7, 11) is -3.25. The fraction of sp³-hybridized carbons (Fsp3) is 0.423. The van der Waals surface area contributed by atoms with E-state index in [1.165, 1.54) is 0 Å². The maximum absolute atomic E-state index is 12.4. The first-order valence-corrected chi connectivity index (χ1v) is 13.7. The van der Waals surface area contributed by atoms with Crippen molar-refractivity contribution in [3.05, 3.63) is 71.0 Å². The van der Waals surface area contributed by atoms with E-state index in [0.29, 0.717) is 43.2 Å². The highest BCUT2D eigenvalue weighted by atomic mass is 32.3. The third-order valence-electron chi connectivity index (χ3n) is 6.42. The number of para-hydroxylation sites is 1. The summed E-state index contributed by atoms with van der Waals surface area (Å²) in [6.07, 6.45) is 3.16. The summed E-state index contributed by atoms with van der Waals surface area (Å²) >= 11 is 0. The van der Waals surface area contributed by atoms with E-state index in [1.54, 1.807) is 35.6 Å². The zero-order valence-electron chi connectivity index (χ0n) is 20.9. The SMILES string of the molecule is CCOC(=O)CC(CCc1c[nH]nn1)c1ccc(C)c(CN2CC(C)Oc3ccccc3S2(O)O)c1. The van der Waals surface area contributed by atoms with Crippen LogP contribution in [0.4, 0.5) is 0 Å². The van der Waals surface area contributed by atoms with Crippen molar-refractivity contribution in [1.82, 2.24) is 19.7 Å². The van der Waals surface area contributed by atoms with E-state index in [-0.39, 0.29) is 24.4 Å². The van der Waals surface area contributed by atoms with Crippen LogP contribution >= 0.6 is 10.8 Å². The second-order valence-corrected chi connectivity index (χ2v) is 11.1. The van der Waals surface area contributed by atoms with Gasteiger partial charge in [-0.15, -0.1) is 15.9 Å². The maximum atomic E-state index is 12.4. The molecule has 0 saturated carbocycles. The van der Waals surface area contributed by atoms with Crippen LogP contribution in [-0.2, 0) is 22.5 Å². The Bertz CT molecular complexity index is 1170. The number of aromatic nitrogens is 3. The Morgan fingerprint density at radius 3 is 2.86 bits per heavy atom. The lowest BCUT2D eigenvalue weighted by atomic mass is 9.88. The molecule has 0 saturated heterocycles. The number of aryl methyl sites for hydroxylation is 2. The first kappa shape index (κ1) is 26.2. The van der Waals surface area contributed by atoms with E-state index in [9.17, 15) is 13.9 Å². The number of carbonyl (C=O) groups excluding carboxylic acids is 1. The van der Waals surface area contributed by atoms with Crippen LogP contribution in [0.1, 0.15) is 55.0 Å². The number of esters is 1. The number of hydrogen-bond acceptors (Lipinski definition) is 8. The van der Waals surface area contributed by atoms with Crippen LogP contribution in [-0.4, -0.2) is 54.0 Å². The molecule has 10 heteroatoms. The quantitative estimate of drug-likeness (QED) is 0.338. The molecule has 3 N–H and O–H groups in total. The normalized spacial score (nSPS) is 19.0. The molecule has 4 rings (SSSR count). The summed E-state index contributed by atoms with van der Waals surface area (Å²) in [5.74, 6) is 0.182. The summed E-state index contributed by atoms with van der Waals surface area (Å²) in [4.78, 5) is 12.8. The molecule has 0 radical (unpaired) electrons. The zero-order chi connectivity index (χ0) is 25.7. The van der Waals surface area contributed by atoms with Crippen LogP contribution in [0.3, 0.4) is 0 Å². The second-order valence-electron chi connectivity index (χ2n) is 9.11. The topological polar surface area (TPSA) is 121 Å². The number of nitrogens with one attached hydrogen (secondary N) is 1. The summed E-state index contributed by atoms with van der Waals surface area (Å²) < 4.78 is 35.5. The number of ether oxygens (including phenoxy) is 2. The van der Waals surface area contributed by atoms with Gasteiger partial charge in [0.15, 0.2) is 0 Å². The molecule has 0 bridgehead atoms. The molecular weight excluding hydrogens is 480 g/mol. The molecule has 1 aliphatic heterocycles. The second kappa shape index (κ2) is 11.4. The number of carbonyl (C=O) groups is 1. The van der Waals surface area contributed by atoms with E-state index < -0.39 is 10.8 Å². The van der Waals surface area contributed by atoms with E-state index >= 15 is 0 Å². The molecule has 194 valence electrons. The largest absolute Gasteiger partial charge is 0.487 e. The molecule has 0 amide bonds.